The number of hydrogen-bond acceptors (Lipinski definition) is 2. The summed E-state index contributed by atoms with van der Waals surface area (Å²) >= 11 is 6.08. The third-order valence-corrected chi connectivity index (χ3v) is 4.10. The molecule has 20 heavy (non-hydrogen) atoms. The molecule has 0 aliphatic heterocycles. The normalized spacial score (nSPS) is 13.0. The maximum Gasteiger partial charge on any atom is 0.110 e. The van der Waals surface area contributed by atoms with Gasteiger partial charge in [-0.25, -0.2) is 4.98 Å². The lowest BCUT2D eigenvalue weighted by molar-refractivity contribution is 0.514. The summed E-state index contributed by atoms with van der Waals surface area (Å²) in [5, 5.41) is 0.751. The van der Waals surface area contributed by atoms with E-state index in [0.717, 1.165) is 42.8 Å². The van der Waals surface area contributed by atoms with Gasteiger partial charge in [-0.1, -0.05) is 24.9 Å². The van der Waals surface area contributed by atoms with Crippen LogP contribution in [0.15, 0.2) is 18.2 Å². The molecule has 2 N–H and O–H groups in total. The average molecular weight is 294 g/mol. The summed E-state index contributed by atoms with van der Waals surface area (Å²) in [5.41, 5.74) is 7.75. The van der Waals surface area contributed by atoms with Gasteiger partial charge < -0.3 is 10.3 Å². The molecule has 0 aliphatic rings. The Labute approximate surface area is 126 Å². The van der Waals surface area contributed by atoms with E-state index in [4.69, 9.17) is 22.3 Å². The second-order valence-corrected chi connectivity index (χ2v) is 5.82. The molecule has 0 spiro atoms. The van der Waals surface area contributed by atoms with Crippen LogP contribution >= 0.6 is 11.6 Å². The van der Waals surface area contributed by atoms with E-state index in [2.05, 4.69) is 24.5 Å². The van der Waals surface area contributed by atoms with E-state index in [9.17, 15) is 0 Å². The Hall–Kier alpha value is -1.06. The van der Waals surface area contributed by atoms with Crippen LogP contribution in [-0.2, 0) is 6.42 Å². The number of nitrogens with zero attached hydrogens (tertiary/aromatic N) is 2. The van der Waals surface area contributed by atoms with Crippen molar-refractivity contribution in [2.75, 3.05) is 6.54 Å². The molecular weight excluding hydrogens is 270 g/mol. The monoisotopic (exact) mass is 293 g/mol. The van der Waals surface area contributed by atoms with Crippen LogP contribution in [0.25, 0.3) is 11.0 Å². The second kappa shape index (κ2) is 7.09. The molecule has 0 amide bonds. The van der Waals surface area contributed by atoms with E-state index in [1.54, 1.807) is 0 Å². The van der Waals surface area contributed by atoms with Crippen LogP contribution in [0.2, 0.25) is 5.02 Å². The van der Waals surface area contributed by atoms with E-state index >= 15 is 0 Å². The SMILES string of the molecule is CC[C@@H](C)n1c(CCCCCN)nc2cc(Cl)ccc21. The van der Waals surface area contributed by atoms with Crippen molar-refractivity contribution in [1.82, 2.24) is 9.55 Å². The predicted molar refractivity (Wildman–Crippen MR) is 86.4 cm³/mol. The number of nitrogens with two attached hydrogens (primary N) is 1. The fourth-order valence-corrected chi connectivity index (χ4v) is 2.74. The van der Waals surface area contributed by atoms with E-state index in [0.29, 0.717) is 6.04 Å². The number of halogens is 1. The summed E-state index contributed by atoms with van der Waals surface area (Å²) in [4.78, 5) is 4.79. The Morgan fingerprint density at radius 3 is 2.80 bits per heavy atom. The van der Waals surface area contributed by atoms with Crippen LogP contribution in [0.1, 0.15) is 51.4 Å². The number of rotatable bonds is 7. The van der Waals surface area contributed by atoms with Crippen molar-refractivity contribution in [2.24, 2.45) is 5.73 Å². The third-order valence-electron chi connectivity index (χ3n) is 3.86. The van der Waals surface area contributed by atoms with Crippen molar-refractivity contribution in [2.45, 2.75) is 52.0 Å². The molecule has 1 aromatic heterocycles. The van der Waals surface area contributed by atoms with Crippen molar-refractivity contribution in [1.29, 1.82) is 0 Å². The maximum atomic E-state index is 6.08. The average Bonchev–Trinajstić information content (AvgIpc) is 2.80. The lowest BCUT2D eigenvalue weighted by Gasteiger charge is -2.16. The zero-order valence-electron chi connectivity index (χ0n) is 12.4. The summed E-state index contributed by atoms with van der Waals surface area (Å²) in [6.07, 6.45) is 5.52. The number of hydrogen-bond donors (Lipinski definition) is 1. The Bertz CT molecular complexity index is 562. The van der Waals surface area contributed by atoms with Crippen molar-refractivity contribution >= 4 is 22.6 Å². The van der Waals surface area contributed by atoms with Gasteiger partial charge in [0.1, 0.15) is 5.82 Å². The second-order valence-electron chi connectivity index (χ2n) is 5.39. The fraction of sp³-hybridized carbons (Fsp3) is 0.562. The van der Waals surface area contributed by atoms with Gasteiger partial charge in [0.05, 0.1) is 11.0 Å². The van der Waals surface area contributed by atoms with Crippen molar-refractivity contribution in [3.05, 3.63) is 29.0 Å². The molecule has 1 atom stereocenters. The van der Waals surface area contributed by atoms with Crippen LogP contribution in [0.3, 0.4) is 0 Å². The van der Waals surface area contributed by atoms with Gasteiger partial charge >= 0.3 is 0 Å². The van der Waals surface area contributed by atoms with Gasteiger partial charge in [-0.2, -0.15) is 0 Å². The Morgan fingerprint density at radius 2 is 2.10 bits per heavy atom. The molecule has 0 aliphatic carbocycles. The van der Waals surface area contributed by atoms with Crippen LogP contribution in [0.5, 0.6) is 0 Å². The Balaban J connectivity index is 2.31. The highest BCUT2D eigenvalue weighted by molar-refractivity contribution is 6.31. The van der Waals surface area contributed by atoms with E-state index < -0.39 is 0 Å². The topological polar surface area (TPSA) is 43.8 Å². The molecule has 110 valence electrons. The molecule has 0 unspecified atom stereocenters. The zero-order chi connectivity index (χ0) is 14.5. The summed E-state index contributed by atoms with van der Waals surface area (Å²) in [5.74, 6) is 1.17. The molecule has 3 nitrogen and oxygen atoms in total. The van der Waals surface area contributed by atoms with Gasteiger partial charge in [-0.15, -0.1) is 0 Å². The van der Waals surface area contributed by atoms with Crippen molar-refractivity contribution in [3.63, 3.8) is 0 Å². The predicted octanol–water partition coefficient (Wildman–Crippen LogP) is 4.33. The molecule has 0 radical (unpaired) electrons. The van der Waals surface area contributed by atoms with Gasteiger partial charge in [-0.05, 0) is 50.9 Å². The van der Waals surface area contributed by atoms with Crippen LogP contribution in [0.4, 0.5) is 0 Å². The van der Waals surface area contributed by atoms with Crippen LogP contribution in [-0.4, -0.2) is 16.1 Å². The first-order chi connectivity index (χ1) is 9.67. The number of aryl methyl sites for hydroxylation is 1. The molecule has 4 heteroatoms. The summed E-state index contributed by atoms with van der Waals surface area (Å²) in [7, 11) is 0. The smallest absolute Gasteiger partial charge is 0.110 e. The number of aromatic nitrogens is 2. The minimum Gasteiger partial charge on any atom is -0.330 e. The quantitative estimate of drug-likeness (QED) is 0.772. The van der Waals surface area contributed by atoms with Gasteiger partial charge in [0.25, 0.3) is 0 Å². The standard InChI is InChI=1S/C16H24ClN3/c1-3-12(2)20-15-9-8-13(17)11-14(15)19-16(20)7-5-4-6-10-18/h8-9,11-12H,3-7,10,18H2,1-2H3/t12-/m1/s1. The molecule has 1 aromatic carbocycles. The van der Waals surface area contributed by atoms with Crippen molar-refractivity contribution < 1.29 is 0 Å². The first-order valence-electron chi connectivity index (χ1n) is 7.53. The van der Waals surface area contributed by atoms with Crippen LogP contribution in [0, 0.1) is 0 Å². The molecule has 1 heterocycles. The number of fused-ring (bicyclic) bond motifs is 1. The number of unbranched alkanes of at least 4 members (excludes halogenated alkanes) is 2. The molecule has 0 bridgehead atoms. The highest BCUT2D eigenvalue weighted by Crippen LogP contribution is 2.26. The highest BCUT2D eigenvalue weighted by Gasteiger charge is 2.14. The van der Waals surface area contributed by atoms with Crippen molar-refractivity contribution in [3.8, 4) is 0 Å². The van der Waals surface area contributed by atoms with Gasteiger partial charge in [-0.3, -0.25) is 0 Å². The zero-order valence-corrected chi connectivity index (χ0v) is 13.2. The summed E-state index contributed by atoms with van der Waals surface area (Å²) < 4.78 is 2.37. The summed E-state index contributed by atoms with van der Waals surface area (Å²) in [6.45, 7) is 5.24. The minimum absolute atomic E-state index is 0.464. The molecule has 2 aromatic rings. The number of imidazole rings is 1. The molecule has 0 saturated heterocycles. The van der Waals surface area contributed by atoms with Gasteiger partial charge in [0.15, 0.2) is 0 Å². The first kappa shape index (κ1) is 15.3. The molecular formula is C16H24ClN3. The van der Waals surface area contributed by atoms with Gasteiger partial charge in [0, 0.05) is 17.5 Å². The van der Waals surface area contributed by atoms with E-state index in [1.165, 1.54) is 17.8 Å². The fourth-order valence-electron chi connectivity index (χ4n) is 2.58. The van der Waals surface area contributed by atoms with Gasteiger partial charge in [0.2, 0.25) is 0 Å². The van der Waals surface area contributed by atoms with E-state index in [-0.39, 0.29) is 0 Å². The lowest BCUT2D eigenvalue weighted by Crippen LogP contribution is -2.09. The largest absolute Gasteiger partial charge is 0.330 e. The summed E-state index contributed by atoms with van der Waals surface area (Å²) in [6, 6.07) is 6.45. The molecule has 0 fully saturated rings. The third kappa shape index (κ3) is 3.33. The Kier molecular flexibility index (Phi) is 5.44. The highest BCUT2D eigenvalue weighted by atomic mass is 35.5. The Morgan fingerprint density at radius 1 is 1.30 bits per heavy atom. The number of benzene rings is 1. The molecule has 2 rings (SSSR count). The lowest BCUT2D eigenvalue weighted by atomic mass is 10.1. The molecule has 0 saturated carbocycles. The van der Waals surface area contributed by atoms with E-state index in [1.807, 2.05) is 12.1 Å². The first-order valence-corrected chi connectivity index (χ1v) is 7.91. The van der Waals surface area contributed by atoms with Crippen LogP contribution < -0.4 is 5.73 Å². The maximum absolute atomic E-state index is 6.08. The minimum atomic E-state index is 0.464.